The SMILES string of the molecule is COc1ncccc1NCc1sc2ccccc2c1Cl. The molecule has 20 heavy (non-hydrogen) atoms. The number of pyridine rings is 1. The lowest BCUT2D eigenvalue weighted by Gasteiger charge is -2.08. The third-order valence-corrected chi connectivity index (χ3v) is 4.72. The Kier molecular flexibility index (Phi) is 3.76. The van der Waals surface area contributed by atoms with Gasteiger partial charge in [0.2, 0.25) is 5.88 Å². The Labute approximate surface area is 126 Å². The van der Waals surface area contributed by atoms with Gasteiger partial charge in [-0.05, 0) is 18.2 Å². The predicted octanol–water partition coefficient (Wildman–Crippen LogP) is 4.57. The van der Waals surface area contributed by atoms with Crippen LogP contribution in [0.1, 0.15) is 4.88 Å². The number of anilines is 1. The van der Waals surface area contributed by atoms with E-state index in [2.05, 4.69) is 16.4 Å². The summed E-state index contributed by atoms with van der Waals surface area (Å²) < 4.78 is 6.42. The van der Waals surface area contributed by atoms with Crippen molar-refractivity contribution in [3.8, 4) is 5.88 Å². The van der Waals surface area contributed by atoms with Crippen molar-refractivity contribution >= 4 is 38.7 Å². The number of halogens is 1. The number of methoxy groups -OCH3 is 1. The van der Waals surface area contributed by atoms with E-state index in [1.807, 2.05) is 30.3 Å². The molecule has 1 N–H and O–H groups in total. The van der Waals surface area contributed by atoms with Crippen LogP contribution in [0.4, 0.5) is 5.69 Å². The van der Waals surface area contributed by atoms with Gasteiger partial charge in [-0.2, -0.15) is 0 Å². The topological polar surface area (TPSA) is 34.1 Å². The van der Waals surface area contributed by atoms with Crippen molar-refractivity contribution in [1.82, 2.24) is 4.98 Å². The number of fused-ring (bicyclic) bond motifs is 1. The molecular weight excluding hydrogens is 292 g/mol. The number of thiophene rings is 1. The largest absolute Gasteiger partial charge is 0.480 e. The fraction of sp³-hybridized carbons (Fsp3) is 0.133. The number of nitrogens with zero attached hydrogens (tertiary/aromatic N) is 1. The second-order valence-electron chi connectivity index (χ2n) is 4.25. The van der Waals surface area contributed by atoms with Gasteiger partial charge in [0.05, 0.1) is 24.4 Å². The van der Waals surface area contributed by atoms with Gasteiger partial charge in [0.1, 0.15) is 0 Å². The van der Waals surface area contributed by atoms with E-state index in [-0.39, 0.29) is 0 Å². The van der Waals surface area contributed by atoms with Gasteiger partial charge in [-0.1, -0.05) is 29.8 Å². The van der Waals surface area contributed by atoms with Crippen LogP contribution in [0.2, 0.25) is 5.02 Å². The number of ether oxygens (including phenoxy) is 1. The third-order valence-electron chi connectivity index (χ3n) is 3.01. The molecule has 0 fully saturated rings. The quantitative estimate of drug-likeness (QED) is 0.766. The molecule has 0 amide bonds. The van der Waals surface area contributed by atoms with Crippen LogP contribution in [0.5, 0.6) is 5.88 Å². The minimum atomic E-state index is 0.588. The molecule has 0 bridgehead atoms. The fourth-order valence-electron chi connectivity index (χ4n) is 2.04. The van der Waals surface area contributed by atoms with Crippen molar-refractivity contribution in [1.29, 1.82) is 0 Å². The zero-order valence-corrected chi connectivity index (χ0v) is 12.5. The third kappa shape index (κ3) is 2.44. The molecule has 0 saturated carbocycles. The van der Waals surface area contributed by atoms with Crippen LogP contribution in [0.25, 0.3) is 10.1 Å². The molecule has 3 rings (SSSR count). The zero-order valence-electron chi connectivity index (χ0n) is 10.9. The Morgan fingerprint density at radius 2 is 2.10 bits per heavy atom. The first-order valence-electron chi connectivity index (χ1n) is 6.18. The molecule has 2 heterocycles. The van der Waals surface area contributed by atoms with Gasteiger partial charge in [-0.25, -0.2) is 4.98 Å². The molecule has 0 unspecified atom stereocenters. The number of rotatable bonds is 4. The molecule has 3 nitrogen and oxygen atoms in total. The average Bonchev–Trinajstić information content (AvgIpc) is 2.82. The lowest BCUT2D eigenvalue weighted by molar-refractivity contribution is 0.399. The fourth-order valence-corrected chi connectivity index (χ4v) is 3.48. The summed E-state index contributed by atoms with van der Waals surface area (Å²) in [7, 11) is 1.61. The molecule has 0 radical (unpaired) electrons. The minimum Gasteiger partial charge on any atom is -0.480 e. The molecule has 0 aliphatic heterocycles. The van der Waals surface area contributed by atoms with Crippen molar-refractivity contribution in [2.24, 2.45) is 0 Å². The van der Waals surface area contributed by atoms with E-state index >= 15 is 0 Å². The summed E-state index contributed by atoms with van der Waals surface area (Å²) in [4.78, 5) is 5.27. The monoisotopic (exact) mass is 304 g/mol. The van der Waals surface area contributed by atoms with Crippen molar-refractivity contribution in [2.75, 3.05) is 12.4 Å². The van der Waals surface area contributed by atoms with Crippen LogP contribution < -0.4 is 10.1 Å². The van der Waals surface area contributed by atoms with E-state index in [0.29, 0.717) is 12.4 Å². The molecule has 1 aromatic carbocycles. The lowest BCUT2D eigenvalue weighted by Crippen LogP contribution is -2.01. The first-order chi connectivity index (χ1) is 9.79. The summed E-state index contributed by atoms with van der Waals surface area (Å²) in [5, 5.41) is 5.25. The van der Waals surface area contributed by atoms with E-state index in [1.54, 1.807) is 24.6 Å². The van der Waals surface area contributed by atoms with Crippen LogP contribution in [0.15, 0.2) is 42.6 Å². The van der Waals surface area contributed by atoms with Crippen LogP contribution in [0.3, 0.4) is 0 Å². The van der Waals surface area contributed by atoms with E-state index in [4.69, 9.17) is 16.3 Å². The molecular formula is C15H13ClN2OS. The van der Waals surface area contributed by atoms with Crippen molar-refractivity contribution in [3.63, 3.8) is 0 Å². The highest BCUT2D eigenvalue weighted by molar-refractivity contribution is 7.19. The van der Waals surface area contributed by atoms with Gasteiger partial charge < -0.3 is 10.1 Å². The smallest absolute Gasteiger partial charge is 0.237 e. The number of hydrogen-bond donors (Lipinski definition) is 1. The summed E-state index contributed by atoms with van der Waals surface area (Å²) in [5.41, 5.74) is 0.864. The molecule has 2 aromatic heterocycles. The van der Waals surface area contributed by atoms with Crippen molar-refractivity contribution < 1.29 is 4.74 Å². The van der Waals surface area contributed by atoms with Gasteiger partial charge in [-0.3, -0.25) is 0 Å². The first-order valence-corrected chi connectivity index (χ1v) is 7.38. The van der Waals surface area contributed by atoms with E-state index in [1.165, 1.54) is 4.70 Å². The summed E-state index contributed by atoms with van der Waals surface area (Å²) in [6, 6.07) is 12.0. The Bertz CT molecular complexity index is 742. The standard InChI is InChI=1S/C15H13ClN2OS/c1-19-15-11(6-4-8-17-15)18-9-13-14(16)10-5-2-3-7-12(10)20-13/h2-8,18H,9H2,1H3. The summed E-state index contributed by atoms with van der Waals surface area (Å²) >= 11 is 8.12. The number of aromatic nitrogens is 1. The maximum atomic E-state index is 6.42. The number of benzene rings is 1. The highest BCUT2D eigenvalue weighted by Crippen LogP contribution is 2.35. The molecule has 0 aliphatic carbocycles. The van der Waals surface area contributed by atoms with Crippen LogP contribution in [-0.2, 0) is 6.54 Å². The van der Waals surface area contributed by atoms with E-state index in [0.717, 1.165) is 21.0 Å². The van der Waals surface area contributed by atoms with Crippen LogP contribution in [-0.4, -0.2) is 12.1 Å². The highest BCUT2D eigenvalue weighted by atomic mass is 35.5. The first kappa shape index (κ1) is 13.2. The predicted molar refractivity (Wildman–Crippen MR) is 85.0 cm³/mol. The second kappa shape index (κ2) is 5.69. The van der Waals surface area contributed by atoms with E-state index in [9.17, 15) is 0 Å². The maximum Gasteiger partial charge on any atom is 0.237 e. The Hall–Kier alpha value is -1.78. The highest BCUT2D eigenvalue weighted by Gasteiger charge is 2.10. The van der Waals surface area contributed by atoms with Crippen molar-refractivity contribution in [2.45, 2.75) is 6.54 Å². The molecule has 0 aliphatic rings. The Morgan fingerprint density at radius 3 is 2.90 bits per heavy atom. The minimum absolute atomic E-state index is 0.588. The maximum absolute atomic E-state index is 6.42. The van der Waals surface area contributed by atoms with Crippen LogP contribution >= 0.6 is 22.9 Å². The molecule has 5 heteroatoms. The Balaban J connectivity index is 1.85. The number of nitrogens with one attached hydrogen (secondary N) is 1. The summed E-state index contributed by atoms with van der Waals surface area (Å²) in [6.07, 6.45) is 1.70. The van der Waals surface area contributed by atoms with Gasteiger partial charge in [0, 0.05) is 21.2 Å². The molecule has 102 valence electrons. The molecule has 0 spiro atoms. The van der Waals surface area contributed by atoms with Gasteiger partial charge >= 0.3 is 0 Å². The molecule has 3 aromatic rings. The molecule has 0 saturated heterocycles. The van der Waals surface area contributed by atoms with Gasteiger partial charge in [0.25, 0.3) is 0 Å². The second-order valence-corrected chi connectivity index (χ2v) is 5.76. The van der Waals surface area contributed by atoms with Crippen molar-refractivity contribution in [3.05, 3.63) is 52.5 Å². The summed E-state index contributed by atoms with van der Waals surface area (Å²) in [6.45, 7) is 0.653. The van der Waals surface area contributed by atoms with Gasteiger partial charge in [-0.15, -0.1) is 11.3 Å². The normalized spacial score (nSPS) is 10.7. The average molecular weight is 305 g/mol. The Morgan fingerprint density at radius 1 is 1.25 bits per heavy atom. The van der Waals surface area contributed by atoms with E-state index < -0.39 is 0 Å². The molecule has 0 atom stereocenters. The number of hydrogen-bond acceptors (Lipinski definition) is 4. The van der Waals surface area contributed by atoms with Crippen LogP contribution in [0, 0.1) is 0 Å². The van der Waals surface area contributed by atoms with Gasteiger partial charge in [0.15, 0.2) is 0 Å². The summed E-state index contributed by atoms with van der Waals surface area (Å²) in [5.74, 6) is 0.588. The lowest BCUT2D eigenvalue weighted by atomic mass is 10.2. The zero-order chi connectivity index (χ0) is 13.9.